The maximum Gasteiger partial charge on any atom is 0.573 e. The number of halogens is 3. The first kappa shape index (κ1) is 13.7. The van der Waals surface area contributed by atoms with Gasteiger partial charge in [0.15, 0.2) is 5.69 Å². The fourth-order valence-electron chi connectivity index (χ4n) is 1.60. The fraction of sp³-hybridized carbons (Fsp3) is 0.0769. The number of rotatable bonds is 2. The molecule has 0 aliphatic carbocycles. The van der Waals surface area contributed by atoms with Crippen molar-refractivity contribution in [2.45, 2.75) is 6.36 Å². The van der Waals surface area contributed by atoms with Crippen molar-refractivity contribution in [3.05, 3.63) is 42.1 Å². The molecule has 20 heavy (non-hydrogen) atoms. The van der Waals surface area contributed by atoms with Gasteiger partial charge in [-0.25, -0.2) is 4.98 Å². The van der Waals surface area contributed by atoms with E-state index in [0.717, 1.165) is 0 Å². The predicted molar refractivity (Wildman–Crippen MR) is 65.5 cm³/mol. The first-order valence-corrected chi connectivity index (χ1v) is 5.42. The van der Waals surface area contributed by atoms with Crippen molar-refractivity contribution in [1.29, 1.82) is 5.26 Å². The van der Waals surface area contributed by atoms with Gasteiger partial charge in [-0.3, -0.25) is 0 Å². The summed E-state index contributed by atoms with van der Waals surface area (Å²) in [6, 6.07) is 10.2. The summed E-state index contributed by atoms with van der Waals surface area (Å²) < 4.78 is 40.9. The van der Waals surface area contributed by atoms with E-state index in [9.17, 15) is 13.2 Å². The monoisotopic (exact) mass is 279 g/mol. The van der Waals surface area contributed by atoms with E-state index in [1.54, 1.807) is 12.1 Å². The SMILES string of the molecule is N#Cc1nc(-c2ccccc2OC(F)(F)F)ccc1N. The number of anilines is 1. The lowest BCUT2D eigenvalue weighted by molar-refractivity contribution is -0.274. The molecule has 0 unspecified atom stereocenters. The van der Waals surface area contributed by atoms with Crippen molar-refractivity contribution in [2.75, 3.05) is 5.73 Å². The van der Waals surface area contributed by atoms with Crippen LogP contribution in [0.25, 0.3) is 11.3 Å². The lowest BCUT2D eigenvalue weighted by Crippen LogP contribution is -2.17. The van der Waals surface area contributed by atoms with E-state index in [4.69, 9.17) is 11.0 Å². The Labute approximate surface area is 112 Å². The number of nitrogens with two attached hydrogens (primary N) is 1. The number of benzene rings is 1. The second kappa shape index (κ2) is 5.09. The van der Waals surface area contributed by atoms with E-state index in [1.165, 1.54) is 30.3 Å². The molecule has 0 fully saturated rings. The average Bonchev–Trinajstić information content (AvgIpc) is 2.38. The molecule has 0 amide bonds. The Kier molecular flexibility index (Phi) is 3.48. The highest BCUT2D eigenvalue weighted by Gasteiger charge is 2.32. The highest BCUT2D eigenvalue weighted by molar-refractivity contribution is 5.69. The Morgan fingerprint density at radius 3 is 2.50 bits per heavy atom. The van der Waals surface area contributed by atoms with Crippen LogP contribution in [0, 0.1) is 11.3 Å². The summed E-state index contributed by atoms with van der Waals surface area (Å²) in [5, 5.41) is 8.84. The summed E-state index contributed by atoms with van der Waals surface area (Å²) in [6.45, 7) is 0. The number of alkyl halides is 3. The zero-order valence-electron chi connectivity index (χ0n) is 9.98. The van der Waals surface area contributed by atoms with Gasteiger partial charge in [0.2, 0.25) is 0 Å². The molecule has 1 aromatic carbocycles. The van der Waals surface area contributed by atoms with Crippen molar-refractivity contribution in [2.24, 2.45) is 0 Å². The maximum atomic E-state index is 12.3. The number of hydrogen-bond acceptors (Lipinski definition) is 4. The molecule has 7 heteroatoms. The van der Waals surface area contributed by atoms with Gasteiger partial charge in [0.05, 0.1) is 11.4 Å². The Balaban J connectivity index is 2.51. The van der Waals surface area contributed by atoms with E-state index in [0.29, 0.717) is 0 Å². The molecule has 0 saturated heterocycles. The molecule has 2 aromatic rings. The minimum atomic E-state index is -4.80. The highest BCUT2D eigenvalue weighted by atomic mass is 19.4. The van der Waals surface area contributed by atoms with Crippen LogP contribution in [-0.4, -0.2) is 11.3 Å². The third-order valence-corrected chi connectivity index (χ3v) is 2.42. The summed E-state index contributed by atoms with van der Waals surface area (Å²) in [6.07, 6.45) is -4.80. The standard InChI is InChI=1S/C13H8F3N3O/c14-13(15,16)20-12-4-2-1-3-8(12)10-6-5-9(18)11(7-17)19-10/h1-6H,18H2. The first-order chi connectivity index (χ1) is 9.40. The van der Waals surface area contributed by atoms with Crippen molar-refractivity contribution in [3.8, 4) is 23.1 Å². The molecule has 2 N–H and O–H groups in total. The second-order valence-corrected chi connectivity index (χ2v) is 3.79. The van der Waals surface area contributed by atoms with Gasteiger partial charge in [-0.1, -0.05) is 12.1 Å². The van der Waals surface area contributed by atoms with E-state index in [-0.39, 0.29) is 28.4 Å². The van der Waals surface area contributed by atoms with E-state index in [2.05, 4.69) is 9.72 Å². The molecule has 0 spiro atoms. The van der Waals surface area contributed by atoms with Crippen LogP contribution in [0.3, 0.4) is 0 Å². The van der Waals surface area contributed by atoms with Crippen LogP contribution in [-0.2, 0) is 0 Å². The fourth-order valence-corrected chi connectivity index (χ4v) is 1.60. The van der Waals surface area contributed by atoms with E-state index < -0.39 is 6.36 Å². The minimum absolute atomic E-state index is 0.0516. The van der Waals surface area contributed by atoms with Gasteiger partial charge in [-0.15, -0.1) is 13.2 Å². The molecule has 1 aromatic heterocycles. The smallest absolute Gasteiger partial charge is 0.405 e. The summed E-state index contributed by atoms with van der Waals surface area (Å²) in [5.74, 6) is -0.388. The molecule has 4 nitrogen and oxygen atoms in total. The van der Waals surface area contributed by atoms with Crippen LogP contribution in [0.5, 0.6) is 5.75 Å². The Morgan fingerprint density at radius 2 is 1.85 bits per heavy atom. The van der Waals surface area contributed by atoms with Gasteiger partial charge in [-0.2, -0.15) is 5.26 Å². The minimum Gasteiger partial charge on any atom is -0.405 e. The van der Waals surface area contributed by atoms with E-state index in [1.807, 2.05) is 0 Å². The van der Waals surface area contributed by atoms with Crippen molar-refractivity contribution in [1.82, 2.24) is 4.98 Å². The lowest BCUT2D eigenvalue weighted by atomic mass is 10.1. The number of nitriles is 1. The van der Waals surface area contributed by atoms with Crippen LogP contribution >= 0.6 is 0 Å². The van der Waals surface area contributed by atoms with Gasteiger partial charge in [0.25, 0.3) is 0 Å². The Bertz CT molecular complexity index is 677. The van der Waals surface area contributed by atoms with Gasteiger partial charge in [-0.05, 0) is 24.3 Å². The van der Waals surface area contributed by atoms with Gasteiger partial charge in [0.1, 0.15) is 11.8 Å². The summed E-state index contributed by atoms with van der Waals surface area (Å²) in [5.41, 5.74) is 5.93. The summed E-state index contributed by atoms with van der Waals surface area (Å²) in [7, 11) is 0. The molecule has 0 bridgehead atoms. The molecule has 0 aliphatic heterocycles. The van der Waals surface area contributed by atoms with Gasteiger partial charge in [0, 0.05) is 5.56 Å². The number of nitrogens with zero attached hydrogens (tertiary/aromatic N) is 2. The van der Waals surface area contributed by atoms with Crippen LogP contribution in [0.15, 0.2) is 36.4 Å². The molecular weight excluding hydrogens is 271 g/mol. The van der Waals surface area contributed by atoms with Crippen LogP contribution in [0.2, 0.25) is 0 Å². The molecule has 0 saturated carbocycles. The Morgan fingerprint density at radius 1 is 1.15 bits per heavy atom. The Hall–Kier alpha value is -2.75. The summed E-state index contributed by atoms with van der Waals surface area (Å²) >= 11 is 0. The number of pyridine rings is 1. The molecular formula is C13H8F3N3O. The lowest BCUT2D eigenvalue weighted by Gasteiger charge is -2.13. The van der Waals surface area contributed by atoms with Crippen molar-refractivity contribution >= 4 is 5.69 Å². The van der Waals surface area contributed by atoms with Crippen LogP contribution < -0.4 is 10.5 Å². The summed E-state index contributed by atoms with van der Waals surface area (Å²) in [4.78, 5) is 3.92. The largest absolute Gasteiger partial charge is 0.573 e. The highest BCUT2D eigenvalue weighted by Crippen LogP contribution is 2.33. The molecule has 0 aliphatic rings. The number of para-hydroxylation sites is 1. The quantitative estimate of drug-likeness (QED) is 0.916. The zero-order chi connectivity index (χ0) is 14.8. The third-order valence-electron chi connectivity index (χ3n) is 2.42. The van der Waals surface area contributed by atoms with Crippen molar-refractivity contribution < 1.29 is 17.9 Å². The predicted octanol–water partition coefficient (Wildman–Crippen LogP) is 3.10. The third kappa shape index (κ3) is 2.98. The van der Waals surface area contributed by atoms with Gasteiger partial charge >= 0.3 is 6.36 Å². The van der Waals surface area contributed by atoms with Gasteiger partial charge < -0.3 is 10.5 Å². The molecule has 1 heterocycles. The normalized spacial score (nSPS) is 10.9. The average molecular weight is 279 g/mol. The first-order valence-electron chi connectivity index (χ1n) is 5.42. The molecule has 102 valence electrons. The van der Waals surface area contributed by atoms with E-state index >= 15 is 0 Å². The zero-order valence-corrected chi connectivity index (χ0v) is 9.98. The molecule has 0 atom stereocenters. The molecule has 2 rings (SSSR count). The number of nitrogen functional groups attached to an aromatic ring is 1. The van der Waals surface area contributed by atoms with Crippen molar-refractivity contribution in [3.63, 3.8) is 0 Å². The maximum absolute atomic E-state index is 12.3. The van der Waals surface area contributed by atoms with Crippen LogP contribution in [0.4, 0.5) is 18.9 Å². The number of aromatic nitrogens is 1. The van der Waals surface area contributed by atoms with Crippen LogP contribution in [0.1, 0.15) is 5.69 Å². The number of ether oxygens (including phenoxy) is 1. The molecule has 0 radical (unpaired) electrons. The topological polar surface area (TPSA) is 71.9 Å². The second-order valence-electron chi connectivity index (χ2n) is 3.79. The number of hydrogen-bond donors (Lipinski definition) is 1.